The number of rotatable bonds is 8. The molecule has 1 saturated carbocycles. The van der Waals surface area contributed by atoms with Gasteiger partial charge in [0.15, 0.2) is 0 Å². The zero-order valence-corrected chi connectivity index (χ0v) is 13.4. The zero-order valence-electron chi connectivity index (χ0n) is 13.4. The Morgan fingerprint density at radius 1 is 1.43 bits per heavy atom. The topological polar surface area (TPSA) is 87.7 Å². The van der Waals surface area contributed by atoms with Gasteiger partial charge in [0.2, 0.25) is 0 Å². The first kappa shape index (κ1) is 17.8. The Hall–Kier alpha value is -1.30. The van der Waals surface area contributed by atoms with E-state index in [0.717, 1.165) is 6.42 Å². The molecular formula is C15H28N2O4. The number of carbonyl (C=O) groups excluding carboxylic acids is 1. The van der Waals surface area contributed by atoms with Crippen LogP contribution in [0.4, 0.5) is 4.79 Å². The SMILES string of the molecule is CCOC1CC(NC(=O)NC(C)CCCC(=O)O)C1(C)C. The average molecular weight is 300 g/mol. The molecule has 0 aromatic carbocycles. The number of ether oxygens (including phenoxy) is 1. The van der Waals surface area contributed by atoms with Crippen molar-refractivity contribution in [2.75, 3.05) is 6.61 Å². The van der Waals surface area contributed by atoms with Gasteiger partial charge in [-0.3, -0.25) is 4.79 Å². The summed E-state index contributed by atoms with van der Waals surface area (Å²) >= 11 is 0. The minimum atomic E-state index is -0.801. The number of carboxylic acids is 1. The Bertz CT molecular complexity index is 371. The molecule has 0 bridgehead atoms. The van der Waals surface area contributed by atoms with Crippen LogP contribution in [-0.4, -0.2) is 41.9 Å². The molecule has 122 valence electrons. The maximum Gasteiger partial charge on any atom is 0.315 e. The molecule has 0 saturated heterocycles. The number of aliphatic carboxylic acids is 1. The lowest BCUT2D eigenvalue weighted by atomic mass is 9.64. The van der Waals surface area contributed by atoms with Gasteiger partial charge in [-0.05, 0) is 33.1 Å². The van der Waals surface area contributed by atoms with Crippen LogP contribution >= 0.6 is 0 Å². The van der Waals surface area contributed by atoms with Crippen LogP contribution in [0.15, 0.2) is 0 Å². The van der Waals surface area contributed by atoms with Gasteiger partial charge in [-0.1, -0.05) is 13.8 Å². The number of hydrogen-bond acceptors (Lipinski definition) is 3. The van der Waals surface area contributed by atoms with Crippen molar-refractivity contribution in [3.05, 3.63) is 0 Å². The average Bonchev–Trinajstić information content (AvgIpc) is 2.37. The quantitative estimate of drug-likeness (QED) is 0.641. The minimum absolute atomic E-state index is 0.0322. The standard InChI is InChI=1S/C15H28N2O4/c1-5-21-12-9-11(15(12,3)4)17-14(20)16-10(2)7-6-8-13(18)19/h10-12H,5-9H2,1-4H3,(H,18,19)(H2,16,17,20). The third-order valence-corrected chi connectivity index (χ3v) is 4.26. The molecule has 0 radical (unpaired) electrons. The third kappa shape index (κ3) is 5.19. The fourth-order valence-corrected chi connectivity index (χ4v) is 2.67. The number of carboxylic acid groups (broad SMARTS) is 1. The van der Waals surface area contributed by atoms with Crippen LogP contribution in [0.2, 0.25) is 0 Å². The molecule has 3 unspecified atom stereocenters. The van der Waals surface area contributed by atoms with Gasteiger partial charge >= 0.3 is 12.0 Å². The smallest absolute Gasteiger partial charge is 0.315 e. The third-order valence-electron chi connectivity index (χ3n) is 4.26. The minimum Gasteiger partial charge on any atom is -0.481 e. The maximum atomic E-state index is 11.9. The summed E-state index contributed by atoms with van der Waals surface area (Å²) in [5, 5.41) is 14.4. The maximum absolute atomic E-state index is 11.9. The van der Waals surface area contributed by atoms with Crippen molar-refractivity contribution in [3.8, 4) is 0 Å². The second-order valence-corrected chi connectivity index (χ2v) is 6.36. The molecule has 6 nitrogen and oxygen atoms in total. The van der Waals surface area contributed by atoms with Gasteiger partial charge in [-0.15, -0.1) is 0 Å². The Morgan fingerprint density at radius 2 is 2.10 bits per heavy atom. The molecule has 3 N–H and O–H groups in total. The van der Waals surface area contributed by atoms with Crippen LogP contribution in [-0.2, 0) is 9.53 Å². The van der Waals surface area contributed by atoms with E-state index in [0.29, 0.717) is 19.4 Å². The van der Waals surface area contributed by atoms with Gasteiger partial charge in [0.05, 0.1) is 6.10 Å². The number of nitrogens with one attached hydrogen (secondary N) is 2. The largest absolute Gasteiger partial charge is 0.481 e. The van der Waals surface area contributed by atoms with Crippen molar-refractivity contribution in [1.82, 2.24) is 10.6 Å². The van der Waals surface area contributed by atoms with Crippen molar-refractivity contribution >= 4 is 12.0 Å². The van der Waals surface area contributed by atoms with E-state index in [-0.39, 0.29) is 36.1 Å². The predicted molar refractivity (Wildman–Crippen MR) is 80.2 cm³/mol. The van der Waals surface area contributed by atoms with E-state index < -0.39 is 5.97 Å². The van der Waals surface area contributed by atoms with Crippen LogP contribution < -0.4 is 10.6 Å². The van der Waals surface area contributed by atoms with Crippen molar-refractivity contribution in [3.63, 3.8) is 0 Å². The second kappa shape index (κ2) is 7.64. The Balaban J connectivity index is 2.27. The normalized spacial score (nSPS) is 24.8. The van der Waals surface area contributed by atoms with Crippen LogP contribution in [0.5, 0.6) is 0 Å². The summed E-state index contributed by atoms with van der Waals surface area (Å²) in [4.78, 5) is 22.4. The van der Waals surface area contributed by atoms with Crippen molar-refractivity contribution in [1.29, 1.82) is 0 Å². The highest BCUT2D eigenvalue weighted by Crippen LogP contribution is 2.42. The van der Waals surface area contributed by atoms with Crippen molar-refractivity contribution in [2.24, 2.45) is 5.41 Å². The lowest BCUT2D eigenvalue weighted by Gasteiger charge is -2.51. The zero-order chi connectivity index (χ0) is 16.0. The molecular weight excluding hydrogens is 272 g/mol. The van der Waals surface area contributed by atoms with Crippen molar-refractivity contribution in [2.45, 2.75) is 71.6 Å². The predicted octanol–water partition coefficient (Wildman–Crippen LogP) is 2.13. The van der Waals surface area contributed by atoms with Crippen molar-refractivity contribution < 1.29 is 19.4 Å². The fourth-order valence-electron chi connectivity index (χ4n) is 2.67. The van der Waals surface area contributed by atoms with E-state index in [2.05, 4.69) is 24.5 Å². The molecule has 0 spiro atoms. The number of urea groups is 1. The van der Waals surface area contributed by atoms with Crippen LogP contribution in [0.25, 0.3) is 0 Å². The van der Waals surface area contributed by atoms with Gasteiger partial charge in [-0.2, -0.15) is 0 Å². The molecule has 21 heavy (non-hydrogen) atoms. The summed E-state index contributed by atoms with van der Waals surface area (Å²) in [5.41, 5.74) is -0.0557. The van der Waals surface area contributed by atoms with Gasteiger partial charge in [-0.25, -0.2) is 4.79 Å². The highest BCUT2D eigenvalue weighted by Gasteiger charge is 2.49. The van der Waals surface area contributed by atoms with Crippen LogP contribution in [0, 0.1) is 5.41 Å². The molecule has 6 heteroatoms. The lowest BCUT2D eigenvalue weighted by Crippen LogP contribution is -2.63. The first-order valence-corrected chi connectivity index (χ1v) is 7.67. The number of carbonyl (C=O) groups is 2. The molecule has 0 aliphatic heterocycles. The van der Waals surface area contributed by atoms with Gasteiger partial charge in [0, 0.05) is 30.5 Å². The summed E-state index contributed by atoms with van der Waals surface area (Å²) in [7, 11) is 0. The molecule has 0 aromatic rings. The summed E-state index contributed by atoms with van der Waals surface area (Å²) in [6, 6.07) is -0.110. The van der Waals surface area contributed by atoms with Gasteiger partial charge < -0.3 is 20.5 Å². The molecule has 3 atom stereocenters. The molecule has 1 aliphatic carbocycles. The van der Waals surface area contributed by atoms with E-state index in [1.807, 2.05) is 13.8 Å². The van der Waals surface area contributed by atoms with E-state index in [4.69, 9.17) is 9.84 Å². The van der Waals surface area contributed by atoms with Crippen LogP contribution in [0.3, 0.4) is 0 Å². The molecule has 1 fully saturated rings. The Kier molecular flexibility index (Phi) is 6.45. The van der Waals surface area contributed by atoms with Crippen LogP contribution in [0.1, 0.15) is 53.4 Å². The second-order valence-electron chi connectivity index (χ2n) is 6.36. The molecule has 1 aliphatic rings. The Labute approximate surface area is 126 Å². The summed E-state index contributed by atoms with van der Waals surface area (Å²) in [5.74, 6) is -0.801. The van der Waals surface area contributed by atoms with E-state index in [1.54, 1.807) is 0 Å². The van der Waals surface area contributed by atoms with E-state index >= 15 is 0 Å². The molecule has 0 aromatic heterocycles. The monoisotopic (exact) mass is 300 g/mol. The number of hydrogen-bond donors (Lipinski definition) is 3. The number of amides is 2. The van der Waals surface area contributed by atoms with Gasteiger partial charge in [0.25, 0.3) is 0 Å². The lowest BCUT2D eigenvalue weighted by molar-refractivity contribution is -0.137. The molecule has 1 rings (SSSR count). The highest BCUT2D eigenvalue weighted by molar-refractivity contribution is 5.74. The molecule has 2 amide bonds. The summed E-state index contributed by atoms with van der Waals surface area (Å²) < 4.78 is 5.63. The van der Waals surface area contributed by atoms with Gasteiger partial charge in [0.1, 0.15) is 0 Å². The highest BCUT2D eigenvalue weighted by atomic mass is 16.5. The first-order chi connectivity index (χ1) is 9.77. The Morgan fingerprint density at radius 3 is 2.62 bits per heavy atom. The van der Waals surface area contributed by atoms with E-state index in [1.165, 1.54) is 0 Å². The summed E-state index contributed by atoms with van der Waals surface area (Å²) in [6.45, 7) is 8.74. The summed E-state index contributed by atoms with van der Waals surface area (Å²) in [6.07, 6.45) is 2.40. The first-order valence-electron chi connectivity index (χ1n) is 7.67. The molecule has 0 heterocycles. The van der Waals surface area contributed by atoms with E-state index in [9.17, 15) is 9.59 Å². The fraction of sp³-hybridized carbons (Fsp3) is 0.867.